The molecule has 2 N–H and O–H groups in total. The Balaban J connectivity index is 1.60. The quantitative estimate of drug-likeness (QED) is 0.797. The van der Waals surface area contributed by atoms with Crippen LogP contribution in [-0.2, 0) is 14.2 Å². The van der Waals surface area contributed by atoms with Gasteiger partial charge < -0.3 is 19.9 Å². The third-order valence-corrected chi connectivity index (χ3v) is 4.33. The van der Waals surface area contributed by atoms with E-state index in [9.17, 15) is 0 Å². The molecular weight excluding hydrogens is 218 g/mol. The highest BCUT2D eigenvalue weighted by Gasteiger charge is 2.45. The average Bonchev–Trinajstić information content (AvgIpc) is 2.96. The van der Waals surface area contributed by atoms with Crippen LogP contribution in [0.25, 0.3) is 0 Å². The number of hydrogen-bond acceptors (Lipinski definition) is 4. The fraction of sp³-hybridized carbons (Fsp3) is 1.00. The Morgan fingerprint density at radius 3 is 2.47 bits per heavy atom. The van der Waals surface area contributed by atoms with Gasteiger partial charge in [-0.2, -0.15) is 0 Å². The smallest absolute Gasteiger partial charge is 0.171 e. The van der Waals surface area contributed by atoms with E-state index in [1.54, 1.807) is 0 Å². The van der Waals surface area contributed by atoms with Crippen LogP contribution in [-0.4, -0.2) is 37.3 Å². The third kappa shape index (κ3) is 2.50. The molecule has 2 saturated carbocycles. The maximum Gasteiger partial charge on any atom is 0.171 e. The summed E-state index contributed by atoms with van der Waals surface area (Å²) in [6.45, 7) is 1.43. The first kappa shape index (κ1) is 11.9. The lowest BCUT2D eigenvalue weighted by Crippen LogP contribution is -2.50. The summed E-state index contributed by atoms with van der Waals surface area (Å²) >= 11 is 0. The van der Waals surface area contributed by atoms with Crippen molar-refractivity contribution in [1.29, 1.82) is 0 Å². The first-order chi connectivity index (χ1) is 8.27. The molecule has 98 valence electrons. The molecule has 3 rings (SSSR count). The highest BCUT2D eigenvalue weighted by molar-refractivity contribution is 4.91. The third-order valence-electron chi connectivity index (χ3n) is 4.33. The van der Waals surface area contributed by atoms with E-state index in [1.165, 1.54) is 25.7 Å². The van der Waals surface area contributed by atoms with E-state index in [0.29, 0.717) is 19.3 Å². The van der Waals surface area contributed by atoms with Crippen LogP contribution in [0.4, 0.5) is 0 Å². The zero-order chi connectivity index (χ0) is 11.7. The normalized spacial score (nSPS) is 37.9. The first-order valence-corrected chi connectivity index (χ1v) is 6.96. The minimum absolute atomic E-state index is 0.116. The predicted molar refractivity (Wildman–Crippen MR) is 63.6 cm³/mol. The molecule has 1 heterocycles. The zero-order valence-corrected chi connectivity index (χ0v) is 10.4. The van der Waals surface area contributed by atoms with E-state index in [-0.39, 0.29) is 17.9 Å². The van der Waals surface area contributed by atoms with E-state index in [4.69, 9.17) is 19.9 Å². The molecule has 0 radical (unpaired) electrons. The minimum atomic E-state index is -0.376. The van der Waals surface area contributed by atoms with Gasteiger partial charge in [-0.15, -0.1) is 0 Å². The van der Waals surface area contributed by atoms with Gasteiger partial charge in [-0.25, -0.2) is 0 Å². The Labute approximate surface area is 103 Å². The average molecular weight is 241 g/mol. The summed E-state index contributed by atoms with van der Waals surface area (Å²) in [6.07, 6.45) is 8.18. The van der Waals surface area contributed by atoms with Gasteiger partial charge in [-0.3, -0.25) is 0 Å². The molecule has 0 bridgehead atoms. The summed E-state index contributed by atoms with van der Waals surface area (Å²) in [7, 11) is 0. The van der Waals surface area contributed by atoms with Gasteiger partial charge in [0.1, 0.15) is 0 Å². The maximum atomic E-state index is 6.17. The molecule has 0 aromatic rings. The molecule has 4 heteroatoms. The van der Waals surface area contributed by atoms with Crippen LogP contribution < -0.4 is 5.73 Å². The predicted octanol–water partition coefficient (Wildman–Crippen LogP) is 1.57. The monoisotopic (exact) mass is 241 g/mol. The van der Waals surface area contributed by atoms with E-state index in [0.717, 1.165) is 19.3 Å². The van der Waals surface area contributed by atoms with Crippen LogP contribution >= 0.6 is 0 Å². The minimum Gasteiger partial charge on any atom is -0.373 e. The van der Waals surface area contributed by atoms with Crippen LogP contribution in [0.15, 0.2) is 0 Å². The molecule has 1 aliphatic heterocycles. The molecule has 17 heavy (non-hydrogen) atoms. The molecule has 1 spiro atoms. The largest absolute Gasteiger partial charge is 0.373 e. The number of rotatable bonds is 2. The molecule has 2 aliphatic carbocycles. The van der Waals surface area contributed by atoms with Crippen molar-refractivity contribution >= 4 is 0 Å². The number of hydrogen-bond donors (Lipinski definition) is 1. The fourth-order valence-electron chi connectivity index (χ4n) is 3.31. The lowest BCUT2D eigenvalue weighted by atomic mass is 9.88. The van der Waals surface area contributed by atoms with Gasteiger partial charge in [-0.05, 0) is 19.3 Å². The number of nitrogens with two attached hydrogens (primary N) is 1. The van der Waals surface area contributed by atoms with Gasteiger partial charge in [0.25, 0.3) is 0 Å². The molecule has 2 unspecified atom stereocenters. The molecule has 0 aromatic carbocycles. The lowest BCUT2D eigenvalue weighted by Gasteiger charge is -2.40. The second kappa shape index (κ2) is 4.84. The second-order valence-corrected chi connectivity index (χ2v) is 5.60. The van der Waals surface area contributed by atoms with Crippen molar-refractivity contribution in [3.8, 4) is 0 Å². The van der Waals surface area contributed by atoms with Crippen molar-refractivity contribution in [1.82, 2.24) is 0 Å². The molecule has 0 aromatic heterocycles. The molecule has 2 atom stereocenters. The van der Waals surface area contributed by atoms with Crippen molar-refractivity contribution < 1.29 is 14.2 Å². The van der Waals surface area contributed by atoms with Gasteiger partial charge in [0.05, 0.1) is 25.4 Å². The standard InChI is InChI=1S/C13H23NO3/c14-11-5-6-13(15-7-8-16-13)9-12(11)17-10-3-1-2-4-10/h10-12H,1-9,14H2. The van der Waals surface area contributed by atoms with Crippen LogP contribution in [0.5, 0.6) is 0 Å². The van der Waals surface area contributed by atoms with Crippen LogP contribution in [0.1, 0.15) is 44.9 Å². The van der Waals surface area contributed by atoms with E-state index < -0.39 is 0 Å². The summed E-state index contributed by atoms with van der Waals surface area (Å²) in [5.74, 6) is -0.376. The summed E-state index contributed by atoms with van der Waals surface area (Å²) < 4.78 is 17.7. The molecule has 3 aliphatic rings. The molecule has 1 saturated heterocycles. The number of ether oxygens (including phenoxy) is 3. The fourth-order valence-corrected chi connectivity index (χ4v) is 3.31. The van der Waals surface area contributed by atoms with Gasteiger partial charge in [0, 0.05) is 18.9 Å². The summed E-state index contributed by atoms with van der Waals surface area (Å²) in [4.78, 5) is 0. The Hall–Kier alpha value is -0.160. The van der Waals surface area contributed by atoms with Crippen LogP contribution in [0.3, 0.4) is 0 Å². The Morgan fingerprint density at radius 1 is 1.06 bits per heavy atom. The van der Waals surface area contributed by atoms with Crippen molar-refractivity contribution in [2.75, 3.05) is 13.2 Å². The van der Waals surface area contributed by atoms with Gasteiger partial charge in [-0.1, -0.05) is 12.8 Å². The van der Waals surface area contributed by atoms with E-state index in [2.05, 4.69) is 0 Å². The van der Waals surface area contributed by atoms with Gasteiger partial charge in [0.15, 0.2) is 5.79 Å². The van der Waals surface area contributed by atoms with Gasteiger partial charge >= 0.3 is 0 Å². The zero-order valence-electron chi connectivity index (χ0n) is 10.4. The molecular formula is C13H23NO3. The maximum absolute atomic E-state index is 6.17. The molecule has 3 fully saturated rings. The van der Waals surface area contributed by atoms with Crippen molar-refractivity contribution in [3.05, 3.63) is 0 Å². The summed E-state index contributed by atoms with van der Waals surface area (Å²) in [6, 6.07) is 0.147. The SMILES string of the molecule is NC1CCC2(CC1OC1CCCC1)OCCO2. The topological polar surface area (TPSA) is 53.7 Å². The Bertz CT molecular complexity index is 259. The first-order valence-electron chi connectivity index (χ1n) is 6.96. The summed E-state index contributed by atoms with van der Waals surface area (Å²) in [5, 5.41) is 0. The van der Waals surface area contributed by atoms with Crippen molar-refractivity contribution in [2.45, 2.75) is 69.0 Å². The van der Waals surface area contributed by atoms with Crippen molar-refractivity contribution in [2.24, 2.45) is 5.73 Å². The highest BCUT2D eigenvalue weighted by Crippen LogP contribution is 2.38. The second-order valence-electron chi connectivity index (χ2n) is 5.60. The van der Waals surface area contributed by atoms with Crippen molar-refractivity contribution in [3.63, 3.8) is 0 Å². The van der Waals surface area contributed by atoms with Gasteiger partial charge in [0.2, 0.25) is 0 Å². The summed E-state index contributed by atoms with van der Waals surface area (Å²) in [5.41, 5.74) is 6.17. The Kier molecular flexibility index (Phi) is 3.39. The highest BCUT2D eigenvalue weighted by atomic mass is 16.7. The van der Waals surface area contributed by atoms with Crippen LogP contribution in [0.2, 0.25) is 0 Å². The molecule has 0 amide bonds. The Morgan fingerprint density at radius 2 is 1.76 bits per heavy atom. The lowest BCUT2D eigenvalue weighted by molar-refractivity contribution is -0.210. The molecule has 4 nitrogen and oxygen atoms in total. The van der Waals surface area contributed by atoms with E-state index in [1.807, 2.05) is 0 Å². The van der Waals surface area contributed by atoms with Crippen LogP contribution in [0, 0.1) is 0 Å². The van der Waals surface area contributed by atoms with E-state index >= 15 is 0 Å².